The Morgan fingerprint density at radius 1 is 1.29 bits per heavy atom. The highest BCUT2D eigenvalue weighted by Crippen LogP contribution is 2.37. The van der Waals surface area contributed by atoms with Gasteiger partial charge in [-0.3, -0.25) is 4.79 Å². The molecule has 80 valence electrons. The molecule has 14 heavy (non-hydrogen) atoms. The van der Waals surface area contributed by atoms with Crippen LogP contribution >= 0.6 is 0 Å². The predicted octanol–water partition coefficient (Wildman–Crippen LogP) is -0.793. The molecule has 1 amide bonds. The zero-order chi connectivity index (χ0) is 11.1. The number of halogens is 3. The molecule has 0 spiro atoms. The monoisotopic (exact) mass is 213 g/mol. The lowest BCUT2D eigenvalue weighted by atomic mass is 9.93. The normalized spacial score (nSPS) is 20.1. The quantitative estimate of drug-likeness (QED) is 0.517. The Kier molecular flexibility index (Phi) is 2.18. The van der Waals surface area contributed by atoms with Crippen LogP contribution in [0.15, 0.2) is 0 Å². The second kappa shape index (κ2) is 2.84. The first-order valence-corrected chi connectivity index (χ1v) is 3.49. The summed E-state index contributed by atoms with van der Waals surface area (Å²) in [5, 5.41) is 17.0. The number of carbonyl (C=O) groups excluding carboxylic acids is 1. The van der Waals surface area contributed by atoms with Crippen LogP contribution in [0.2, 0.25) is 0 Å². The summed E-state index contributed by atoms with van der Waals surface area (Å²) in [6, 6.07) is 0. The molecule has 0 aliphatic carbocycles. The molecule has 1 heterocycles. The Bertz CT molecular complexity index is 281. The summed E-state index contributed by atoms with van der Waals surface area (Å²) in [6.07, 6.45) is -4.84. The number of alkyl halides is 3. The summed E-state index contributed by atoms with van der Waals surface area (Å²) >= 11 is 0. The Morgan fingerprint density at radius 3 is 2.00 bits per heavy atom. The van der Waals surface area contributed by atoms with E-state index < -0.39 is 36.7 Å². The van der Waals surface area contributed by atoms with Gasteiger partial charge in [-0.25, -0.2) is 4.79 Å². The van der Waals surface area contributed by atoms with Gasteiger partial charge in [0, 0.05) is 0 Å². The number of hydrogen-bond acceptors (Lipinski definition) is 3. The van der Waals surface area contributed by atoms with Gasteiger partial charge in [-0.1, -0.05) is 0 Å². The molecule has 0 aromatic heterocycles. The van der Waals surface area contributed by atoms with Crippen LogP contribution in [0.4, 0.5) is 13.2 Å². The average Bonchev–Trinajstić information content (AvgIpc) is 1.94. The minimum absolute atomic E-state index is 0.413. The van der Waals surface area contributed by atoms with Gasteiger partial charge in [0.1, 0.15) is 0 Å². The Labute approximate surface area is 75.7 Å². The second-order valence-electron chi connectivity index (χ2n) is 3.00. The summed E-state index contributed by atoms with van der Waals surface area (Å²) in [5.41, 5.74) is -2.96. The van der Waals surface area contributed by atoms with E-state index in [2.05, 4.69) is 0 Å². The third-order valence-electron chi connectivity index (χ3n) is 1.90. The van der Waals surface area contributed by atoms with Crippen LogP contribution in [0.3, 0.4) is 0 Å². The lowest BCUT2D eigenvalue weighted by Gasteiger charge is -2.45. The number of carbonyl (C=O) groups is 2. The van der Waals surface area contributed by atoms with Crippen LogP contribution in [-0.2, 0) is 9.59 Å². The van der Waals surface area contributed by atoms with Gasteiger partial charge in [0.15, 0.2) is 5.60 Å². The molecule has 0 atom stereocenters. The highest BCUT2D eigenvalue weighted by molar-refractivity contribution is 6.31. The van der Waals surface area contributed by atoms with E-state index in [0.29, 0.717) is 4.90 Å². The molecule has 0 bridgehead atoms. The molecule has 2 N–H and O–H groups in total. The van der Waals surface area contributed by atoms with Crippen molar-refractivity contribution >= 4 is 11.9 Å². The molecule has 0 saturated carbocycles. The maximum absolute atomic E-state index is 12.0. The number of β-amino-alcohol motifs (C(OH)–C–C–N with tert-alkyl or cyclic N) is 1. The van der Waals surface area contributed by atoms with Crippen LogP contribution in [0, 0.1) is 0 Å². The third-order valence-corrected chi connectivity index (χ3v) is 1.90. The van der Waals surface area contributed by atoms with Gasteiger partial charge < -0.3 is 15.1 Å². The topological polar surface area (TPSA) is 77.8 Å². The molecular formula is C6H6F3NO4. The molecule has 0 radical (unpaired) electrons. The molecule has 1 aliphatic heterocycles. The van der Waals surface area contributed by atoms with Crippen molar-refractivity contribution < 1.29 is 33.0 Å². The number of carboxylic acids is 1. The Balaban J connectivity index is 2.60. The van der Waals surface area contributed by atoms with Crippen molar-refractivity contribution in [3.05, 3.63) is 0 Å². The fourth-order valence-corrected chi connectivity index (χ4v) is 1.04. The Hall–Kier alpha value is -1.31. The van der Waals surface area contributed by atoms with Gasteiger partial charge >= 0.3 is 18.1 Å². The van der Waals surface area contributed by atoms with E-state index in [1.165, 1.54) is 0 Å². The second-order valence-corrected chi connectivity index (χ2v) is 3.00. The van der Waals surface area contributed by atoms with Gasteiger partial charge in [0.2, 0.25) is 0 Å². The third kappa shape index (κ3) is 1.52. The van der Waals surface area contributed by atoms with Crippen molar-refractivity contribution in [2.75, 3.05) is 13.1 Å². The van der Waals surface area contributed by atoms with E-state index >= 15 is 0 Å². The van der Waals surface area contributed by atoms with Crippen LogP contribution in [0.1, 0.15) is 0 Å². The van der Waals surface area contributed by atoms with E-state index in [4.69, 9.17) is 10.2 Å². The van der Waals surface area contributed by atoms with Crippen molar-refractivity contribution in [1.82, 2.24) is 4.90 Å². The van der Waals surface area contributed by atoms with E-state index in [9.17, 15) is 22.8 Å². The molecule has 5 nitrogen and oxygen atoms in total. The molecular weight excluding hydrogens is 207 g/mol. The van der Waals surface area contributed by atoms with Crippen LogP contribution in [-0.4, -0.2) is 51.9 Å². The first-order valence-electron chi connectivity index (χ1n) is 3.49. The zero-order valence-corrected chi connectivity index (χ0v) is 6.71. The smallest absolute Gasteiger partial charge is 0.420 e. The zero-order valence-electron chi connectivity index (χ0n) is 6.71. The number of nitrogens with zero attached hydrogens (tertiary/aromatic N) is 1. The number of amides is 1. The number of rotatable bonds is 0. The van der Waals surface area contributed by atoms with E-state index in [-0.39, 0.29) is 0 Å². The standard InChI is InChI=1S/C6H6F3NO4/c7-6(8,9)5(14)1-10(2-5)3(11)4(12)13/h14H,1-2H2,(H,12,13). The van der Waals surface area contributed by atoms with Crippen LogP contribution < -0.4 is 0 Å². The van der Waals surface area contributed by atoms with Crippen LogP contribution in [0.5, 0.6) is 0 Å². The molecule has 8 heteroatoms. The lowest BCUT2D eigenvalue weighted by molar-refractivity contribution is -0.297. The van der Waals surface area contributed by atoms with Gasteiger partial charge in [-0.05, 0) is 0 Å². The molecule has 1 saturated heterocycles. The van der Waals surface area contributed by atoms with Crippen molar-refractivity contribution in [1.29, 1.82) is 0 Å². The number of aliphatic carboxylic acids is 1. The molecule has 0 aromatic carbocycles. The fourth-order valence-electron chi connectivity index (χ4n) is 1.04. The molecule has 1 rings (SSSR count). The summed E-state index contributed by atoms with van der Waals surface area (Å²) in [7, 11) is 0. The van der Waals surface area contributed by atoms with Crippen molar-refractivity contribution in [3.63, 3.8) is 0 Å². The van der Waals surface area contributed by atoms with E-state index in [0.717, 1.165) is 0 Å². The summed E-state index contributed by atoms with van der Waals surface area (Å²) < 4.78 is 36.0. The van der Waals surface area contributed by atoms with E-state index in [1.54, 1.807) is 0 Å². The minimum atomic E-state index is -4.84. The van der Waals surface area contributed by atoms with Gasteiger partial charge in [0.25, 0.3) is 0 Å². The number of likely N-dealkylation sites (tertiary alicyclic amines) is 1. The van der Waals surface area contributed by atoms with Gasteiger partial charge in [0.05, 0.1) is 13.1 Å². The highest BCUT2D eigenvalue weighted by Gasteiger charge is 2.62. The largest absolute Gasteiger partial charge is 0.474 e. The van der Waals surface area contributed by atoms with Crippen LogP contribution in [0.25, 0.3) is 0 Å². The SMILES string of the molecule is O=C(O)C(=O)N1CC(O)(C(F)(F)F)C1. The number of aliphatic hydroxyl groups is 1. The highest BCUT2D eigenvalue weighted by atomic mass is 19.4. The molecule has 0 aromatic rings. The fraction of sp³-hybridized carbons (Fsp3) is 0.667. The van der Waals surface area contributed by atoms with Gasteiger partial charge in [-0.2, -0.15) is 13.2 Å². The van der Waals surface area contributed by atoms with E-state index in [1.807, 2.05) is 0 Å². The first kappa shape index (κ1) is 10.8. The maximum Gasteiger partial charge on any atom is 0.420 e. The van der Waals surface area contributed by atoms with Gasteiger partial charge in [-0.15, -0.1) is 0 Å². The summed E-state index contributed by atoms with van der Waals surface area (Å²) in [5.74, 6) is -3.28. The lowest BCUT2D eigenvalue weighted by Crippen LogP contribution is -2.71. The average molecular weight is 213 g/mol. The maximum atomic E-state index is 12.0. The predicted molar refractivity (Wildman–Crippen MR) is 35.2 cm³/mol. The first-order chi connectivity index (χ1) is 6.17. The molecule has 1 fully saturated rings. The number of carboxylic acid groups (broad SMARTS) is 1. The minimum Gasteiger partial charge on any atom is -0.474 e. The van der Waals surface area contributed by atoms with Crippen molar-refractivity contribution in [3.8, 4) is 0 Å². The number of hydrogen-bond donors (Lipinski definition) is 2. The van der Waals surface area contributed by atoms with Crippen molar-refractivity contribution in [2.24, 2.45) is 0 Å². The Morgan fingerprint density at radius 2 is 1.71 bits per heavy atom. The van der Waals surface area contributed by atoms with Crippen molar-refractivity contribution in [2.45, 2.75) is 11.8 Å². The molecule has 1 aliphatic rings. The molecule has 0 unspecified atom stereocenters. The summed E-state index contributed by atoms with van der Waals surface area (Å²) in [6.45, 7) is -2.05. The summed E-state index contributed by atoms with van der Waals surface area (Å²) in [4.78, 5) is 21.0.